The summed E-state index contributed by atoms with van der Waals surface area (Å²) in [6.45, 7) is 8.92. The molecule has 0 aliphatic rings. The average Bonchev–Trinajstić information content (AvgIpc) is 2.36. The molecule has 17 heavy (non-hydrogen) atoms. The van der Waals surface area contributed by atoms with Gasteiger partial charge in [-0.05, 0) is 31.1 Å². The molecule has 0 saturated carbocycles. The van der Waals surface area contributed by atoms with Crippen LogP contribution in [0.5, 0.6) is 0 Å². The zero-order valence-electron chi connectivity index (χ0n) is 12.0. The molecular formula is C15H29NO. The highest BCUT2D eigenvalue weighted by molar-refractivity contribution is 5.33. The highest BCUT2D eigenvalue weighted by atomic mass is 16.1. The minimum Gasteiger partial charge on any atom is -0.211 e. The van der Waals surface area contributed by atoms with Gasteiger partial charge in [0.05, 0.1) is 6.04 Å². The maximum absolute atomic E-state index is 10.5. The number of hydrogen-bond acceptors (Lipinski definition) is 2. The molecule has 0 bridgehead atoms. The van der Waals surface area contributed by atoms with Crippen LogP contribution in [0, 0.1) is 11.8 Å². The summed E-state index contributed by atoms with van der Waals surface area (Å²) in [4.78, 5) is 14.5. The predicted octanol–water partition coefficient (Wildman–Crippen LogP) is 4.73. The van der Waals surface area contributed by atoms with Gasteiger partial charge in [0, 0.05) is 0 Å². The number of hydrogen-bond donors (Lipinski definition) is 0. The second-order valence-corrected chi connectivity index (χ2v) is 5.05. The summed E-state index contributed by atoms with van der Waals surface area (Å²) in [6, 6.07) is 0.206. The SMILES string of the molecule is CCC(CC)CCC(CC(CC)CC)N=C=O. The minimum atomic E-state index is 0.206. The van der Waals surface area contributed by atoms with Gasteiger partial charge in [-0.3, -0.25) is 0 Å². The van der Waals surface area contributed by atoms with Gasteiger partial charge in [0.25, 0.3) is 0 Å². The molecule has 0 aromatic rings. The molecule has 0 heterocycles. The molecule has 0 aromatic carbocycles. The van der Waals surface area contributed by atoms with Crippen molar-refractivity contribution in [3.63, 3.8) is 0 Å². The Hall–Kier alpha value is -0.620. The summed E-state index contributed by atoms with van der Waals surface area (Å²) in [7, 11) is 0. The van der Waals surface area contributed by atoms with E-state index < -0.39 is 0 Å². The zero-order valence-corrected chi connectivity index (χ0v) is 12.0. The van der Waals surface area contributed by atoms with Gasteiger partial charge in [-0.2, -0.15) is 0 Å². The van der Waals surface area contributed by atoms with E-state index in [-0.39, 0.29) is 6.04 Å². The monoisotopic (exact) mass is 239 g/mol. The van der Waals surface area contributed by atoms with Crippen molar-refractivity contribution in [1.82, 2.24) is 0 Å². The molecule has 0 aliphatic heterocycles. The Morgan fingerprint density at radius 1 is 0.882 bits per heavy atom. The lowest BCUT2D eigenvalue weighted by Crippen LogP contribution is -2.13. The van der Waals surface area contributed by atoms with Crippen molar-refractivity contribution in [2.45, 2.75) is 78.7 Å². The third kappa shape index (κ3) is 7.33. The van der Waals surface area contributed by atoms with Crippen LogP contribution in [0.2, 0.25) is 0 Å². The maximum atomic E-state index is 10.5. The molecule has 100 valence electrons. The van der Waals surface area contributed by atoms with E-state index >= 15 is 0 Å². The summed E-state index contributed by atoms with van der Waals surface area (Å²) in [5.41, 5.74) is 0. The lowest BCUT2D eigenvalue weighted by Gasteiger charge is -2.19. The van der Waals surface area contributed by atoms with Crippen molar-refractivity contribution in [3.05, 3.63) is 0 Å². The molecule has 0 amide bonds. The van der Waals surface area contributed by atoms with Crippen LogP contribution in [0.4, 0.5) is 0 Å². The molecular weight excluding hydrogens is 210 g/mol. The molecule has 1 unspecified atom stereocenters. The van der Waals surface area contributed by atoms with Crippen LogP contribution in [-0.4, -0.2) is 12.1 Å². The normalized spacial score (nSPS) is 12.8. The Bertz CT molecular complexity index is 213. The highest BCUT2D eigenvalue weighted by Crippen LogP contribution is 2.23. The van der Waals surface area contributed by atoms with Crippen LogP contribution < -0.4 is 0 Å². The van der Waals surface area contributed by atoms with Gasteiger partial charge < -0.3 is 0 Å². The van der Waals surface area contributed by atoms with E-state index in [9.17, 15) is 4.79 Å². The van der Waals surface area contributed by atoms with Crippen LogP contribution in [0.3, 0.4) is 0 Å². The molecule has 0 rings (SSSR count). The van der Waals surface area contributed by atoms with Crippen molar-refractivity contribution in [3.8, 4) is 0 Å². The van der Waals surface area contributed by atoms with Gasteiger partial charge in [0.15, 0.2) is 0 Å². The minimum absolute atomic E-state index is 0.206. The third-order valence-corrected chi connectivity index (χ3v) is 4.06. The van der Waals surface area contributed by atoms with Gasteiger partial charge in [-0.25, -0.2) is 9.79 Å². The fourth-order valence-electron chi connectivity index (χ4n) is 2.44. The van der Waals surface area contributed by atoms with Gasteiger partial charge in [0.1, 0.15) is 0 Å². The van der Waals surface area contributed by atoms with Crippen LogP contribution in [-0.2, 0) is 4.79 Å². The summed E-state index contributed by atoms with van der Waals surface area (Å²) < 4.78 is 0. The summed E-state index contributed by atoms with van der Waals surface area (Å²) >= 11 is 0. The first kappa shape index (κ1) is 16.4. The van der Waals surface area contributed by atoms with Crippen molar-refractivity contribution in [1.29, 1.82) is 0 Å². The molecule has 0 radical (unpaired) electrons. The number of isocyanates is 1. The standard InChI is InChI=1S/C15H29NO/c1-5-13(6-2)9-10-15(16-12-17)11-14(7-3)8-4/h13-15H,5-11H2,1-4H3. The van der Waals surface area contributed by atoms with Crippen LogP contribution in [0.25, 0.3) is 0 Å². The summed E-state index contributed by atoms with van der Waals surface area (Å²) in [5, 5.41) is 0. The molecule has 2 nitrogen and oxygen atoms in total. The topological polar surface area (TPSA) is 29.4 Å². The molecule has 2 heteroatoms. The predicted molar refractivity (Wildman–Crippen MR) is 73.9 cm³/mol. The first-order valence-corrected chi connectivity index (χ1v) is 7.28. The lowest BCUT2D eigenvalue weighted by atomic mass is 9.89. The molecule has 0 fully saturated rings. The van der Waals surface area contributed by atoms with Gasteiger partial charge in [-0.1, -0.05) is 53.4 Å². The number of nitrogens with zero attached hydrogens (tertiary/aromatic N) is 1. The first-order chi connectivity index (χ1) is 8.21. The average molecular weight is 239 g/mol. The molecule has 0 saturated heterocycles. The van der Waals surface area contributed by atoms with Gasteiger partial charge in [0.2, 0.25) is 6.08 Å². The van der Waals surface area contributed by atoms with E-state index in [0.717, 1.165) is 18.8 Å². The van der Waals surface area contributed by atoms with E-state index in [0.29, 0.717) is 5.92 Å². The van der Waals surface area contributed by atoms with E-state index in [2.05, 4.69) is 32.7 Å². The van der Waals surface area contributed by atoms with Crippen molar-refractivity contribution in [2.24, 2.45) is 16.8 Å². The molecule has 0 aliphatic carbocycles. The van der Waals surface area contributed by atoms with Crippen LogP contribution in [0.1, 0.15) is 72.6 Å². The molecule has 0 N–H and O–H groups in total. The largest absolute Gasteiger partial charge is 0.235 e. The third-order valence-electron chi connectivity index (χ3n) is 4.06. The Kier molecular flexibility index (Phi) is 10.1. The first-order valence-electron chi connectivity index (χ1n) is 7.28. The summed E-state index contributed by atoms with van der Waals surface area (Å²) in [6.07, 6.45) is 9.91. The quantitative estimate of drug-likeness (QED) is 0.400. The van der Waals surface area contributed by atoms with E-state index in [1.807, 2.05) is 0 Å². The van der Waals surface area contributed by atoms with Crippen LogP contribution >= 0.6 is 0 Å². The Morgan fingerprint density at radius 3 is 1.82 bits per heavy atom. The Morgan fingerprint density at radius 2 is 1.41 bits per heavy atom. The second kappa shape index (κ2) is 10.5. The Labute approximate surface area is 107 Å². The van der Waals surface area contributed by atoms with Crippen molar-refractivity contribution < 1.29 is 4.79 Å². The molecule has 0 spiro atoms. The lowest BCUT2D eigenvalue weighted by molar-refractivity contribution is 0.359. The molecule has 0 aromatic heterocycles. The Balaban J connectivity index is 4.18. The number of rotatable bonds is 10. The second-order valence-electron chi connectivity index (χ2n) is 5.05. The fraction of sp³-hybridized carbons (Fsp3) is 0.933. The molecule has 1 atom stereocenters. The van der Waals surface area contributed by atoms with Crippen molar-refractivity contribution >= 4 is 6.08 Å². The van der Waals surface area contributed by atoms with E-state index in [4.69, 9.17) is 0 Å². The summed E-state index contributed by atoms with van der Waals surface area (Å²) in [5.74, 6) is 1.50. The van der Waals surface area contributed by atoms with E-state index in [1.165, 1.54) is 32.1 Å². The van der Waals surface area contributed by atoms with Crippen LogP contribution in [0.15, 0.2) is 4.99 Å². The van der Waals surface area contributed by atoms with Gasteiger partial charge >= 0.3 is 0 Å². The highest BCUT2D eigenvalue weighted by Gasteiger charge is 2.15. The maximum Gasteiger partial charge on any atom is 0.235 e. The van der Waals surface area contributed by atoms with Gasteiger partial charge in [-0.15, -0.1) is 0 Å². The smallest absolute Gasteiger partial charge is 0.211 e. The fourth-order valence-corrected chi connectivity index (χ4v) is 2.44. The number of carbonyl (C=O) groups excluding carboxylic acids is 1. The number of aliphatic imine (C=N–C) groups is 1. The van der Waals surface area contributed by atoms with E-state index in [1.54, 1.807) is 6.08 Å². The zero-order chi connectivity index (χ0) is 13.1. The van der Waals surface area contributed by atoms with Crippen molar-refractivity contribution in [2.75, 3.05) is 0 Å².